The van der Waals surface area contributed by atoms with Crippen molar-refractivity contribution in [3.8, 4) is 0 Å². The van der Waals surface area contributed by atoms with Gasteiger partial charge in [-0.15, -0.1) is 0 Å². The summed E-state index contributed by atoms with van der Waals surface area (Å²) in [5.41, 5.74) is 2.37. The molecule has 28 heavy (non-hydrogen) atoms. The first kappa shape index (κ1) is 18.4. The van der Waals surface area contributed by atoms with Crippen molar-refractivity contribution in [1.29, 1.82) is 0 Å². The van der Waals surface area contributed by atoms with E-state index >= 15 is 0 Å². The van der Waals surface area contributed by atoms with Crippen LogP contribution in [0, 0.1) is 5.92 Å². The van der Waals surface area contributed by atoms with Crippen molar-refractivity contribution in [2.45, 2.75) is 25.9 Å². The highest BCUT2D eigenvalue weighted by Crippen LogP contribution is 2.20. The highest BCUT2D eigenvalue weighted by molar-refractivity contribution is 5.91. The second-order valence-corrected chi connectivity index (χ2v) is 7.31. The Bertz CT molecular complexity index is 894. The first-order valence-electron chi connectivity index (χ1n) is 9.76. The van der Waals surface area contributed by atoms with E-state index in [1.54, 1.807) is 6.20 Å². The van der Waals surface area contributed by atoms with Gasteiger partial charge in [0.25, 0.3) is 0 Å². The van der Waals surface area contributed by atoms with Crippen LogP contribution < -0.4 is 5.32 Å². The smallest absolute Gasteiger partial charge is 0.229 e. The molecule has 6 nitrogen and oxygen atoms in total. The molecule has 4 rings (SSSR count). The Kier molecular flexibility index (Phi) is 5.77. The summed E-state index contributed by atoms with van der Waals surface area (Å²) in [5.74, 6) is 0.666. The molecule has 3 heterocycles. The maximum absolute atomic E-state index is 12.7. The number of hydrogen-bond donors (Lipinski definition) is 1. The van der Waals surface area contributed by atoms with Crippen LogP contribution in [0.15, 0.2) is 67.1 Å². The maximum atomic E-state index is 12.7. The molecule has 3 aromatic rings. The van der Waals surface area contributed by atoms with E-state index < -0.39 is 0 Å². The number of nitrogens with one attached hydrogen (secondary N) is 1. The Labute approximate surface area is 165 Å². The van der Waals surface area contributed by atoms with E-state index in [1.807, 2.05) is 41.3 Å². The van der Waals surface area contributed by atoms with E-state index in [2.05, 4.69) is 44.6 Å². The molecular weight excluding hydrogens is 350 g/mol. The van der Waals surface area contributed by atoms with E-state index in [9.17, 15) is 4.79 Å². The number of piperidine rings is 1. The third-order valence-electron chi connectivity index (χ3n) is 5.08. The van der Waals surface area contributed by atoms with Crippen LogP contribution in [0.2, 0.25) is 0 Å². The molecule has 1 atom stereocenters. The molecule has 144 valence electrons. The molecule has 0 unspecified atom stereocenters. The number of carbonyl (C=O) groups excluding carboxylic acids is 1. The molecule has 0 spiro atoms. The molecule has 1 N–H and O–H groups in total. The first-order valence-corrected chi connectivity index (χ1v) is 9.76. The Morgan fingerprint density at radius 2 is 1.93 bits per heavy atom. The molecule has 6 heteroatoms. The van der Waals surface area contributed by atoms with Crippen molar-refractivity contribution < 1.29 is 4.79 Å². The molecule has 1 saturated heterocycles. The van der Waals surface area contributed by atoms with Crippen LogP contribution in [0.3, 0.4) is 0 Å². The summed E-state index contributed by atoms with van der Waals surface area (Å²) in [6.07, 6.45) is 7.42. The minimum Gasteiger partial charge on any atom is -0.309 e. The van der Waals surface area contributed by atoms with Crippen molar-refractivity contribution in [3.63, 3.8) is 0 Å². The number of aromatic nitrogens is 3. The zero-order valence-corrected chi connectivity index (χ0v) is 15.9. The van der Waals surface area contributed by atoms with Crippen LogP contribution in [-0.2, 0) is 17.9 Å². The number of carbonyl (C=O) groups is 1. The summed E-state index contributed by atoms with van der Waals surface area (Å²) < 4.78 is 1.81. The summed E-state index contributed by atoms with van der Waals surface area (Å²) in [4.78, 5) is 19.2. The summed E-state index contributed by atoms with van der Waals surface area (Å²) in [6, 6.07) is 16.2. The molecule has 0 aliphatic carbocycles. The molecule has 0 radical (unpaired) electrons. The normalized spacial score (nSPS) is 17.4. The van der Waals surface area contributed by atoms with Gasteiger partial charge in [0, 0.05) is 37.7 Å². The number of likely N-dealkylation sites (tertiary alicyclic amines) is 1. The molecule has 2 aromatic heterocycles. The predicted octanol–water partition coefficient (Wildman–Crippen LogP) is 3.18. The summed E-state index contributed by atoms with van der Waals surface area (Å²) in [5, 5.41) is 7.46. The molecule has 1 fully saturated rings. The zero-order valence-electron chi connectivity index (χ0n) is 15.9. The van der Waals surface area contributed by atoms with Gasteiger partial charge in [0.15, 0.2) is 5.82 Å². The number of hydrogen-bond acceptors (Lipinski definition) is 4. The highest BCUT2D eigenvalue weighted by Gasteiger charge is 2.26. The Morgan fingerprint density at radius 1 is 1.07 bits per heavy atom. The van der Waals surface area contributed by atoms with Gasteiger partial charge >= 0.3 is 0 Å². The highest BCUT2D eigenvalue weighted by atomic mass is 16.2. The third kappa shape index (κ3) is 4.84. The second-order valence-electron chi connectivity index (χ2n) is 7.31. The number of amides is 1. The monoisotopic (exact) mass is 375 g/mol. The van der Waals surface area contributed by atoms with Crippen molar-refractivity contribution in [3.05, 3.63) is 78.2 Å². The van der Waals surface area contributed by atoms with Crippen LogP contribution in [0.25, 0.3) is 0 Å². The van der Waals surface area contributed by atoms with E-state index in [-0.39, 0.29) is 11.8 Å². The van der Waals surface area contributed by atoms with Gasteiger partial charge in [0.2, 0.25) is 5.91 Å². The van der Waals surface area contributed by atoms with Crippen molar-refractivity contribution in [1.82, 2.24) is 19.7 Å². The zero-order chi connectivity index (χ0) is 19.2. The average Bonchev–Trinajstić information content (AvgIpc) is 3.16. The van der Waals surface area contributed by atoms with E-state index in [0.717, 1.165) is 38.0 Å². The lowest BCUT2D eigenvalue weighted by Crippen LogP contribution is -2.40. The van der Waals surface area contributed by atoms with Crippen LogP contribution >= 0.6 is 0 Å². The van der Waals surface area contributed by atoms with Gasteiger partial charge in [0.1, 0.15) is 0 Å². The Morgan fingerprint density at radius 3 is 2.75 bits per heavy atom. The van der Waals surface area contributed by atoms with Gasteiger partial charge in [-0.25, -0.2) is 0 Å². The SMILES string of the molecule is O=C(Nc1ccn(Cc2cccnc2)n1)[C@@H]1CCCN(Cc2ccccc2)C1. The maximum Gasteiger partial charge on any atom is 0.229 e. The van der Waals surface area contributed by atoms with Gasteiger partial charge < -0.3 is 5.32 Å². The molecule has 0 bridgehead atoms. The van der Waals surface area contributed by atoms with Gasteiger partial charge in [0.05, 0.1) is 12.5 Å². The molecule has 1 aliphatic heterocycles. The largest absolute Gasteiger partial charge is 0.309 e. The second kappa shape index (κ2) is 8.80. The fourth-order valence-corrected chi connectivity index (χ4v) is 3.68. The van der Waals surface area contributed by atoms with Crippen LogP contribution in [0.1, 0.15) is 24.0 Å². The van der Waals surface area contributed by atoms with Gasteiger partial charge in [-0.3, -0.25) is 19.4 Å². The molecular formula is C22H25N5O. The minimum absolute atomic E-state index is 0.000866. The number of pyridine rings is 1. The fourth-order valence-electron chi connectivity index (χ4n) is 3.68. The standard InChI is InChI=1S/C22H25N5O/c28-22(20-9-5-12-26(17-20)15-18-6-2-1-3-7-18)24-21-10-13-27(25-21)16-19-8-4-11-23-14-19/h1-4,6-8,10-11,13-14,20H,5,9,12,15-17H2,(H,24,25,28)/t20-/m1/s1. The topological polar surface area (TPSA) is 63.1 Å². The van der Waals surface area contributed by atoms with Gasteiger partial charge in [-0.2, -0.15) is 5.10 Å². The van der Waals surface area contributed by atoms with Crippen LogP contribution in [-0.4, -0.2) is 38.7 Å². The van der Waals surface area contributed by atoms with Crippen molar-refractivity contribution in [2.24, 2.45) is 5.92 Å². The predicted molar refractivity (Wildman–Crippen MR) is 109 cm³/mol. The number of rotatable bonds is 6. The molecule has 1 aliphatic rings. The lowest BCUT2D eigenvalue weighted by molar-refractivity contribution is -0.121. The van der Waals surface area contributed by atoms with Crippen molar-refractivity contribution >= 4 is 11.7 Å². The Balaban J connectivity index is 1.32. The first-order chi connectivity index (χ1) is 13.8. The molecule has 0 saturated carbocycles. The third-order valence-corrected chi connectivity index (χ3v) is 5.08. The number of anilines is 1. The lowest BCUT2D eigenvalue weighted by atomic mass is 9.96. The molecule has 1 amide bonds. The quantitative estimate of drug-likeness (QED) is 0.719. The fraction of sp³-hybridized carbons (Fsp3) is 0.318. The van der Waals surface area contributed by atoms with Gasteiger partial charge in [-0.05, 0) is 36.6 Å². The summed E-state index contributed by atoms with van der Waals surface area (Å²) in [7, 11) is 0. The van der Waals surface area contributed by atoms with E-state index in [1.165, 1.54) is 5.56 Å². The van der Waals surface area contributed by atoms with Gasteiger partial charge in [-0.1, -0.05) is 36.4 Å². The summed E-state index contributed by atoms with van der Waals surface area (Å²) in [6.45, 7) is 3.36. The van der Waals surface area contributed by atoms with Crippen molar-refractivity contribution in [2.75, 3.05) is 18.4 Å². The van der Waals surface area contributed by atoms with E-state index in [4.69, 9.17) is 0 Å². The summed E-state index contributed by atoms with van der Waals surface area (Å²) >= 11 is 0. The average molecular weight is 375 g/mol. The Hall–Kier alpha value is -2.99. The minimum atomic E-state index is 0.000866. The van der Waals surface area contributed by atoms with E-state index in [0.29, 0.717) is 12.4 Å². The van der Waals surface area contributed by atoms with Crippen LogP contribution in [0.5, 0.6) is 0 Å². The lowest BCUT2D eigenvalue weighted by Gasteiger charge is -2.31. The van der Waals surface area contributed by atoms with Crippen LogP contribution in [0.4, 0.5) is 5.82 Å². The number of benzene rings is 1. The number of nitrogens with zero attached hydrogens (tertiary/aromatic N) is 4. The molecule has 1 aromatic carbocycles.